The molecular formula is C20H22ClN3. The van der Waals surface area contributed by atoms with E-state index in [9.17, 15) is 0 Å². The minimum atomic E-state index is 0.511. The normalized spacial score (nSPS) is 18.6. The van der Waals surface area contributed by atoms with E-state index in [1.165, 1.54) is 17.0 Å². The minimum Gasteiger partial charge on any atom is -0.342 e. The van der Waals surface area contributed by atoms with Crippen LogP contribution in [0, 0.1) is 5.92 Å². The lowest BCUT2D eigenvalue weighted by Gasteiger charge is -2.30. The van der Waals surface area contributed by atoms with Gasteiger partial charge < -0.3 is 9.80 Å². The van der Waals surface area contributed by atoms with Crippen LogP contribution < -0.4 is 4.90 Å². The molecule has 1 saturated heterocycles. The first kappa shape index (κ1) is 15.7. The van der Waals surface area contributed by atoms with Crippen LogP contribution in [0.25, 0.3) is 0 Å². The number of rotatable bonds is 1. The first-order chi connectivity index (χ1) is 11.6. The smallest absolute Gasteiger partial charge is 0.0871 e. The molecule has 4 heteroatoms. The number of fused-ring (bicyclic) bond motifs is 2. The highest BCUT2D eigenvalue weighted by molar-refractivity contribution is 6.31. The van der Waals surface area contributed by atoms with Crippen molar-refractivity contribution in [2.24, 2.45) is 10.9 Å². The monoisotopic (exact) mass is 339 g/mol. The summed E-state index contributed by atoms with van der Waals surface area (Å²) in [4.78, 5) is 9.73. The van der Waals surface area contributed by atoms with E-state index in [-0.39, 0.29) is 0 Å². The van der Waals surface area contributed by atoms with Crippen LogP contribution in [0.15, 0.2) is 47.5 Å². The second kappa shape index (κ2) is 6.23. The Morgan fingerprint density at radius 2 is 1.75 bits per heavy atom. The van der Waals surface area contributed by atoms with Crippen molar-refractivity contribution >= 4 is 34.4 Å². The molecule has 2 aliphatic heterocycles. The molecule has 0 spiro atoms. The van der Waals surface area contributed by atoms with Gasteiger partial charge in [-0.25, -0.2) is 0 Å². The molecule has 2 aliphatic rings. The van der Waals surface area contributed by atoms with Crippen LogP contribution in [0.2, 0.25) is 5.02 Å². The molecule has 0 aliphatic carbocycles. The Morgan fingerprint density at radius 1 is 1.00 bits per heavy atom. The molecule has 2 aromatic rings. The van der Waals surface area contributed by atoms with Gasteiger partial charge in [0.2, 0.25) is 0 Å². The molecular weight excluding hydrogens is 318 g/mol. The molecule has 4 rings (SSSR count). The van der Waals surface area contributed by atoms with Crippen LogP contribution in [0.5, 0.6) is 0 Å². The predicted octanol–water partition coefficient (Wildman–Crippen LogP) is 4.88. The Morgan fingerprint density at radius 3 is 2.54 bits per heavy atom. The summed E-state index contributed by atoms with van der Waals surface area (Å²) in [5.74, 6) is 0.511. The van der Waals surface area contributed by atoms with Crippen LogP contribution in [-0.4, -0.2) is 37.8 Å². The number of para-hydroxylation sites is 1. The molecule has 0 aromatic heterocycles. The fourth-order valence-electron chi connectivity index (χ4n) is 3.76. The Kier molecular flexibility index (Phi) is 4.07. The van der Waals surface area contributed by atoms with Crippen LogP contribution in [0.3, 0.4) is 0 Å². The molecule has 3 nitrogen and oxygen atoms in total. The topological polar surface area (TPSA) is 18.8 Å². The van der Waals surface area contributed by atoms with Crippen LogP contribution in [-0.2, 0) is 0 Å². The van der Waals surface area contributed by atoms with Crippen molar-refractivity contribution in [2.45, 2.75) is 12.8 Å². The molecule has 124 valence electrons. The number of aliphatic imine (C=N–C) groups is 1. The summed E-state index contributed by atoms with van der Waals surface area (Å²) >= 11 is 6.24. The van der Waals surface area contributed by atoms with E-state index in [1.54, 1.807) is 0 Å². The van der Waals surface area contributed by atoms with Gasteiger partial charge in [0.1, 0.15) is 0 Å². The van der Waals surface area contributed by atoms with Gasteiger partial charge in [-0.1, -0.05) is 29.8 Å². The summed E-state index contributed by atoms with van der Waals surface area (Å²) in [5.41, 5.74) is 5.76. The van der Waals surface area contributed by atoms with E-state index in [0.717, 1.165) is 42.3 Å². The molecule has 0 saturated carbocycles. The summed E-state index contributed by atoms with van der Waals surface area (Å²) < 4.78 is 0. The quantitative estimate of drug-likeness (QED) is 0.737. The third kappa shape index (κ3) is 2.72. The average Bonchev–Trinajstić information content (AvgIpc) is 2.72. The SMILES string of the molecule is CN1CCC(C2=Nc3ccc(Cl)cc3N(C)c3ccccc32)CC1. The zero-order valence-electron chi connectivity index (χ0n) is 14.2. The van der Waals surface area contributed by atoms with Gasteiger partial charge in [-0.05, 0) is 57.2 Å². The molecule has 0 unspecified atom stereocenters. The van der Waals surface area contributed by atoms with E-state index in [4.69, 9.17) is 16.6 Å². The standard InChI is InChI=1S/C20H22ClN3/c1-23-11-9-14(10-12-23)20-16-5-3-4-6-18(16)24(2)19-13-15(21)7-8-17(19)22-20/h3-8,13-14H,9-12H2,1-2H3. The highest BCUT2D eigenvalue weighted by Gasteiger charge is 2.28. The van der Waals surface area contributed by atoms with Crippen molar-refractivity contribution < 1.29 is 0 Å². The largest absolute Gasteiger partial charge is 0.342 e. The molecule has 0 N–H and O–H groups in total. The lowest BCUT2D eigenvalue weighted by Crippen LogP contribution is -2.34. The van der Waals surface area contributed by atoms with E-state index >= 15 is 0 Å². The molecule has 0 amide bonds. The molecule has 0 radical (unpaired) electrons. The molecule has 24 heavy (non-hydrogen) atoms. The summed E-state index contributed by atoms with van der Waals surface area (Å²) in [7, 11) is 4.30. The fraction of sp³-hybridized carbons (Fsp3) is 0.350. The van der Waals surface area contributed by atoms with E-state index < -0.39 is 0 Å². The lowest BCUT2D eigenvalue weighted by atomic mass is 9.87. The van der Waals surface area contributed by atoms with Crippen LogP contribution in [0.4, 0.5) is 17.1 Å². The number of benzene rings is 2. The second-order valence-corrected chi connectivity index (χ2v) is 7.22. The third-order valence-corrected chi connectivity index (χ3v) is 5.42. The first-order valence-electron chi connectivity index (χ1n) is 8.53. The Labute approximate surface area is 148 Å². The maximum atomic E-state index is 6.24. The minimum absolute atomic E-state index is 0.511. The summed E-state index contributed by atoms with van der Waals surface area (Å²) in [6.45, 7) is 2.27. The fourth-order valence-corrected chi connectivity index (χ4v) is 3.92. The van der Waals surface area contributed by atoms with Gasteiger partial charge >= 0.3 is 0 Å². The maximum absolute atomic E-state index is 6.24. The third-order valence-electron chi connectivity index (χ3n) is 5.19. The average molecular weight is 340 g/mol. The number of hydrogen-bond acceptors (Lipinski definition) is 3. The second-order valence-electron chi connectivity index (χ2n) is 6.78. The van der Waals surface area contributed by atoms with E-state index in [2.05, 4.69) is 48.2 Å². The number of halogens is 1. The summed E-state index contributed by atoms with van der Waals surface area (Å²) in [6.07, 6.45) is 2.33. The van der Waals surface area contributed by atoms with Crippen molar-refractivity contribution in [2.75, 3.05) is 32.1 Å². The van der Waals surface area contributed by atoms with Crippen molar-refractivity contribution in [3.8, 4) is 0 Å². The number of likely N-dealkylation sites (tertiary alicyclic amines) is 1. The van der Waals surface area contributed by atoms with E-state index in [1.807, 2.05) is 18.2 Å². The number of anilines is 2. The highest BCUT2D eigenvalue weighted by atomic mass is 35.5. The molecule has 1 fully saturated rings. The predicted molar refractivity (Wildman–Crippen MR) is 102 cm³/mol. The Balaban J connectivity index is 1.87. The van der Waals surface area contributed by atoms with Gasteiger partial charge in [-0.2, -0.15) is 0 Å². The van der Waals surface area contributed by atoms with Crippen molar-refractivity contribution in [1.82, 2.24) is 4.90 Å². The van der Waals surface area contributed by atoms with Crippen molar-refractivity contribution in [1.29, 1.82) is 0 Å². The van der Waals surface area contributed by atoms with Crippen molar-refractivity contribution in [3.63, 3.8) is 0 Å². The van der Waals surface area contributed by atoms with Gasteiger partial charge in [-0.3, -0.25) is 4.99 Å². The Hall–Kier alpha value is -1.84. The Bertz CT molecular complexity index is 791. The lowest BCUT2D eigenvalue weighted by molar-refractivity contribution is 0.252. The van der Waals surface area contributed by atoms with Gasteiger partial charge in [0, 0.05) is 23.6 Å². The van der Waals surface area contributed by atoms with E-state index in [0.29, 0.717) is 5.92 Å². The van der Waals surface area contributed by atoms with Gasteiger partial charge in [0.25, 0.3) is 0 Å². The zero-order chi connectivity index (χ0) is 16.7. The maximum Gasteiger partial charge on any atom is 0.0871 e. The zero-order valence-corrected chi connectivity index (χ0v) is 14.9. The first-order valence-corrected chi connectivity index (χ1v) is 8.91. The summed E-state index contributed by atoms with van der Waals surface area (Å²) in [6, 6.07) is 14.6. The summed E-state index contributed by atoms with van der Waals surface area (Å²) in [5, 5.41) is 0.746. The van der Waals surface area contributed by atoms with Crippen LogP contribution >= 0.6 is 11.6 Å². The van der Waals surface area contributed by atoms with Crippen LogP contribution in [0.1, 0.15) is 18.4 Å². The molecule has 0 bridgehead atoms. The number of piperidine rings is 1. The molecule has 2 aromatic carbocycles. The molecule has 2 heterocycles. The van der Waals surface area contributed by atoms with Gasteiger partial charge in [0.05, 0.1) is 22.8 Å². The number of nitrogens with zero attached hydrogens (tertiary/aromatic N) is 3. The highest BCUT2D eigenvalue weighted by Crippen LogP contribution is 2.41. The van der Waals surface area contributed by atoms with Crippen molar-refractivity contribution in [3.05, 3.63) is 53.1 Å². The van der Waals surface area contributed by atoms with Gasteiger partial charge in [-0.15, -0.1) is 0 Å². The van der Waals surface area contributed by atoms with Gasteiger partial charge in [0.15, 0.2) is 0 Å². The number of hydrogen-bond donors (Lipinski definition) is 0. The molecule has 0 atom stereocenters.